The second-order valence-corrected chi connectivity index (χ2v) is 14.5. The molecule has 0 spiro atoms. The van der Waals surface area contributed by atoms with Gasteiger partial charge in [0.1, 0.15) is 11.8 Å². The molecule has 0 bridgehead atoms. The molecule has 0 radical (unpaired) electrons. The molecule has 3 heterocycles. The number of benzene rings is 3. The number of nitriles is 1. The van der Waals surface area contributed by atoms with E-state index in [0.717, 1.165) is 37.2 Å². The Labute approximate surface area is 274 Å². The lowest BCUT2D eigenvalue weighted by Gasteiger charge is -2.40. The molecule has 6 rings (SSSR count). The third kappa shape index (κ3) is 6.56. The number of rotatable bonds is 8. The molecule has 1 unspecified atom stereocenters. The molecule has 12 heteroatoms. The molecule has 1 atom stereocenters. The standard InChI is InChI=1S/C34H35ClN8O2S/c1-34(2,3)42-16-14-26(15-17-42)43-22-30(39-41-43)32(23-10-6-4-7-11-23)38-25-18-28-31(24(20-36)21-37-33(28)29(35)19-25)40-46(44,45)27-12-8-5-9-13-27/h4-13,18-19,21-22,26,32,38H,14-17H2,1-3H3,(H,37,40). The van der Waals surface area contributed by atoms with E-state index >= 15 is 0 Å². The van der Waals surface area contributed by atoms with Crippen molar-refractivity contribution in [2.24, 2.45) is 0 Å². The number of nitrogens with zero attached hydrogens (tertiary/aromatic N) is 6. The lowest BCUT2D eigenvalue weighted by molar-refractivity contribution is 0.0866. The van der Waals surface area contributed by atoms with Crippen LogP contribution in [0.4, 0.5) is 11.4 Å². The highest BCUT2D eigenvalue weighted by molar-refractivity contribution is 7.92. The van der Waals surface area contributed by atoms with E-state index in [2.05, 4.69) is 57.1 Å². The maximum absolute atomic E-state index is 13.3. The van der Waals surface area contributed by atoms with Crippen molar-refractivity contribution >= 4 is 43.9 Å². The van der Waals surface area contributed by atoms with Gasteiger partial charge in [-0.3, -0.25) is 14.6 Å². The van der Waals surface area contributed by atoms with Crippen molar-refractivity contribution in [1.29, 1.82) is 5.26 Å². The molecule has 46 heavy (non-hydrogen) atoms. The quantitative estimate of drug-likeness (QED) is 0.187. The van der Waals surface area contributed by atoms with Crippen LogP contribution in [0.3, 0.4) is 0 Å². The first-order valence-corrected chi connectivity index (χ1v) is 17.0. The fraction of sp³-hybridized carbons (Fsp3) is 0.294. The highest BCUT2D eigenvalue weighted by Crippen LogP contribution is 2.37. The Morgan fingerprint density at radius 2 is 1.70 bits per heavy atom. The van der Waals surface area contributed by atoms with Crippen LogP contribution in [0.2, 0.25) is 5.02 Å². The number of pyridine rings is 1. The van der Waals surface area contributed by atoms with Crippen LogP contribution in [0.25, 0.3) is 10.9 Å². The van der Waals surface area contributed by atoms with Crippen LogP contribution in [-0.4, -0.2) is 51.9 Å². The minimum atomic E-state index is -4.01. The molecule has 2 aromatic heterocycles. The average Bonchev–Trinajstić information content (AvgIpc) is 3.54. The largest absolute Gasteiger partial charge is 0.373 e. The first-order chi connectivity index (χ1) is 22.0. The number of hydrogen-bond donors (Lipinski definition) is 2. The molecular formula is C34H35ClN8O2S. The molecule has 3 aromatic carbocycles. The van der Waals surface area contributed by atoms with Crippen molar-refractivity contribution in [3.8, 4) is 6.07 Å². The lowest BCUT2D eigenvalue weighted by Crippen LogP contribution is -2.46. The second kappa shape index (κ2) is 12.7. The summed E-state index contributed by atoms with van der Waals surface area (Å²) in [7, 11) is -4.01. The molecule has 1 saturated heterocycles. The normalized spacial score (nSPS) is 15.4. The Bertz CT molecular complexity index is 2000. The summed E-state index contributed by atoms with van der Waals surface area (Å²) in [6.45, 7) is 8.72. The summed E-state index contributed by atoms with van der Waals surface area (Å²) in [5.74, 6) is 0. The Kier molecular flexibility index (Phi) is 8.70. The molecule has 2 N–H and O–H groups in total. The van der Waals surface area contributed by atoms with Crippen molar-refractivity contribution in [1.82, 2.24) is 24.9 Å². The molecular weight excluding hydrogens is 620 g/mol. The predicted molar refractivity (Wildman–Crippen MR) is 180 cm³/mol. The Morgan fingerprint density at radius 1 is 1.02 bits per heavy atom. The minimum absolute atomic E-state index is 0.0697. The van der Waals surface area contributed by atoms with E-state index in [9.17, 15) is 13.7 Å². The summed E-state index contributed by atoms with van der Waals surface area (Å²) in [4.78, 5) is 6.95. The van der Waals surface area contributed by atoms with E-state index in [1.807, 2.05) is 41.2 Å². The molecule has 0 saturated carbocycles. The zero-order chi connectivity index (χ0) is 32.5. The zero-order valence-corrected chi connectivity index (χ0v) is 27.4. The number of likely N-dealkylation sites (tertiary alicyclic amines) is 1. The van der Waals surface area contributed by atoms with E-state index in [-0.39, 0.29) is 27.7 Å². The smallest absolute Gasteiger partial charge is 0.261 e. The number of hydrogen-bond acceptors (Lipinski definition) is 8. The van der Waals surface area contributed by atoms with E-state index in [1.54, 1.807) is 30.3 Å². The van der Waals surface area contributed by atoms with Crippen LogP contribution < -0.4 is 10.0 Å². The Balaban J connectivity index is 1.36. The molecule has 5 aromatic rings. The Hall–Kier alpha value is -4.50. The molecule has 236 valence electrons. The third-order valence-electron chi connectivity index (χ3n) is 8.39. The van der Waals surface area contributed by atoms with Crippen LogP contribution in [-0.2, 0) is 10.0 Å². The highest BCUT2D eigenvalue weighted by atomic mass is 35.5. The molecule has 1 aliphatic heterocycles. The molecule has 1 aliphatic rings. The van der Waals surface area contributed by atoms with Gasteiger partial charge in [0.2, 0.25) is 0 Å². The molecule has 0 aliphatic carbocycles. The van der Waals surface area contributed by atoms with Gasteiger partial charge in [-0.1, -0.05) is 65.3 Å². The first-order valence-electron chi connectivity index (χ1n) is 15.1. The van der Waals surface area contributed by atoms with Crippen LogP contribution in [0.5, 0.6) is 0 Å². The van der Waals surface area contributed by atoms with Gasteiger partial charge in [0.15, 0.2) is 0 Å². The summed E-state index contributed by atoms with van der Waals surface area (Å²) in [6.07, 6.45) is 5.29. The average molecular weight is 655 g/mol. The topological polar surface area (TPSA) is 129 Å². The summed E-state index contributed by atoms with van der Waals surface area (Å²) in [5.41, 5.74) is 2.95. The number of fused-ring (bicyclic) bond motifs is 1. The van der Waals surface area contributed by atoms with Crippen LogP contribution in [0.1, 0.15) is 62.5 Å². The summed E-state index contributed by atoms with van der Waals surface area (Å²) >= 11 is 6.74. The molecule has 10 nitrogen and oxygen atoms in total. The number of anilines is 2. The van der Waals surface area contributed by atoms with Crippen LogP contribution in [0, 0.1) is 11.3 Å². The lowest BCUT2D eigenvalue weighted by atomic mass is 9.98. The van der Waals surface area contributed by atoms with Crippen molar-refractivity contribution in [3.63, 3.8) is 0 Å². The third-order valence-corrected chi connectivity index (χ3v) is 10.0. The molecule has 0 amide bonds. The van der Waals surface area contributed by atoms with Gasteiger partial charge in [0, 0.05) is 35.9 Å². The van der Waals surface area contributed by atoms with Crippen molar-refractivity contribution in [3.05, 3.63) is 107 Å². The highest BCUT2D eigenvalue weighted by Gasteiger charge is 2.29. The van der Waals surface area contributed by atoms with Gasteiger partial charge in [-0.2, -0.15) is 5.26 Å². The number of nitrogens with one attached hydrogen (secondary N) is 2. The van der Waals surface area contributed by atoms with Crippen LogP contribution >= 0.6 is 11.6 Å². The fourth-order valence-corrected chi connectivity index (χ4v) is 7.26. The van der Waals surface area contributed by atoms with Gasteiger partial charge in [0.25, 0.3) is 10.0 Å². The maximum atomic E-state index is 13.3. The van der Waals surface area contributed by atoms with Gasteiger partial charge in [-0.25, -0.2) is 13.1 Å². The zero-order valence-electron chi connectivity index (χ0n) is 25.9. The second-order valence-electron chi connectivity index (χ2n) is 12.4. The number of sulfonamides is 1. The van der Waals surface area contributed by atoms with Crippen molar-refractivity contribution in [2.75, 3.05) is 23.1 Å². The maximum Gasteiger partial charge on any atom is 0.261 e. The van der Waals surface area contributed by atoms with E-state index in [0.29, 0.717) is 21.6 Å². The van der Waals surface area contributed by atoms with Gasteiger partial charge >= 0.3 is 0 Å². The van der Waals surface area contributed by atoms with Crippen molar-refractivity contribution in [2.45, 2.75) is 56.1 Å². The van der Waals surface area contributed by atoms with Gasteiger partial charge < -0.3 is 5.32 Å². The fourth-order valence-electron chi connectivity index (χ4n) is 5.87. The molecule has 1 fully saturated rings. The first kappa shape index (κ1) is 31.5. The van der Waals surface area contributed by atoms with Gasteiger partial charge in [-0.05, 0) is 63.4 Å². The van der Waals surface area contributed by atoms with E-state index in [1.165, 1.54) is 18.3 Å². The van der Waals surface area contributed by atoms with Gasteiger partial charge in [0.05, 0.1) is 45.0 Å². The number of piperidine rings is 1. The number of halogens is 1. The summed E-state index contributed by atoms with van der Waals surface area (Å²) in [6, 6.07) is 23.3. The van der Waals surface area contributed by atoms with Crippen molar-refractivity contribution < 1.29 is 8.42 Å². The summed E-state index contributed by atoms with van der Waals surface area (Å²) < 4.78 is 31.2. The monoisotopic (exact) mass is 654 g/mol. The van der Waals surface area contributed by atoms with E-state index < -0.39 is 16.1 Å². The minimum Gasteiger partial charge on any atom is -0.373 e. The van der Waals surface area contributed by atoms with E-state index in [4.69, 9.17) is 11.6 Å². The Morgan fingerprint density at radius 3 is 2.35 bits per heavy atom. The summed E-state index contributed by atoms with van der Waals surface area (Å²) in [5, 5.41) is 23.3. The van der Waals surface area contributed by atoms with Gasteiger partial charge in [-0.15, -0.1) is 5.10 Å². The van der Waals surface area contributed by atoms with Crippen LogP contribution in [0.15, 0.2) is 90.1 Å². The predicted octanol–water partition coefficient (Wildman–Crippen LogP) is 6.79. The number of aromatic nitrogens is 4. The SMILES string of the molecule is CC(C)(C)N1CCC(n2cc(C(Nc3cc(Cl)c4ncc(C#N)c(NS(=O)(=O)c5ccccc5)c4c3)c3ccccc3)nn2)CC1.